The van der Waals surface area contributed by atoms with Gasteiger partial charge in [0.05, 0.1) is 0 Å². The Bertz CT molecular complexity index is 402. The molecule has 0 spiro atoms. The van der Waals surface area contributed by atoms with Crippen LogP contribution in [0.1, 0.15) is 57.8 Å². The molecule has 0 radical (unpaired) electrons. The van der Waals surface area contributed by atoms with Gasteiger partial charge in [0, 0.05) is 51.6 Å². The Morgan fingerprint density at radius 1 is 0.957 bits per heavy atom. The van der Waals surface area contributed by atoms with E-state index in [0.717, 1.165) is 71.2 Å². The monoisotopic (exact) mass is 321 g/mol. The summed E-state index contributed by atoms with van der Waals surface area (Å²) in [6, 6.07) is 0.536. The lowest BCUT2D eigenvalue weighted by atomic mass is 9.88. The average Bonchev–Trinajstić information content (AvgIpc) is 2.58. The van der Waals surface area contributed by atoms with Crippen LogP contribution in [-0.2, 0) is 4.79 Å². The first-order valence-corrected chi connectivity index (χ1v) is 9.50. The normalized spacial score (nSPS) is 25.6. The van der Waals surface area contributed by atoms with Crippen LogP contribution >= 0.6 is 0 Å². The van der Waals surface area contributed by atoms with E-state index in [2.05, 4.69) is 10.2 Å². The molecule has 130 valence electrons. The molecule has 0 atom stereocenters. The van der Waals surface area contributed by atoms with Gasteiger partial charge in [0.1, 0.15) is 5.78 Å². The summed E-state index contributed by atoms with van der Waals surface area (Å²) in [7, 11) is 0. The minimum absolute atomic E-state index is 0.139. The Labute approximate surface area is 139 Å². The van der Waals surface area contributed by atoms with Gasteiger partial charge in [0.2, 0.25) is 0 Å². The van der Waals surface area contributed by atoms with Crippen LogP contribution in [0.3, 0.4) is 0 Å². The zero-order valence-corrected chi connectivity index (χ0v) is 14.3. The van der Waals surface area contributed by atoms with Crippen molar-refractivity contribution in [1.82, 2.24) is 15.1 Å². The van der Waals surface area contributed by atoms with Gasteiger partial charge in [-0.1, -0.05) is 19.3 Å². The highest BCUT2D eigenvalue weighted by Crippen LogP contribution is 2.23. The van der Waals surface area contributed by atoms with Crippen molar-refractivity contribution in [3.8, 4) is 0 Å². The average molecular weight is 321 g/mol. The van der Waals surface area contributed by atoms with Crippen LogP contribution in [0.5, 0.6) is 0 Å². The standard InChI is InChI=1S/C18H31N3O2/c22-17-8-6-15(7-9-17)14-20-10-12-21(13-11-20)18(23)19-16-4-2-1-3-5-16/h15-16H,1-14H2,(H,19,23). The second kappa shape index (κ2) is 8.13. The number of carbonyl (C=O) groups excluding carboxylic acids is 2. The smallest absolute Gasteiger partial charge is 0.317 e. The molecule has 5 nitrogen and oxygen atoms in total. The summed E-state index contributed by atoms with van der Waals surface area (Å²) >= 11 is 0. The Kier molecular flexibility index (Phi) is 5.92. The van der Waals surface area contributed by atoms with Gasteiger partial charge < -0.3 is 10.2 Å². The van der Waals surface area contributed by atoms with Crippen LogP contribution in [0.2, 0.25) is 0 Å². The van der Waals surface area contributed by atoms with Crippen molar-refractivity contribution in [2.75, 3.05) is 32.7 Å². The molecule has 3 aliphatic rings. The van der Waals surface area contributed by atoms with Crippen LogP contribution in [0.25, 0.3) is 0 Å². The number of nitrogens with zero attached hydrogens (tertiary/aromatic N) is 2. The summed E-state index contributed by atoms with van der Waals surface area (Å²) in [6.45, 7) is 4.73. The topological polar surface area (TPSA) is 52.7 Å². The summed E-state index contributed by atoms with van der Waals surface area (Å²) in [5, 5.41) is 3.22. The van der Waals surface area contributed by atoms with Gasteiger partial charge in [0.15, 0.2) is 0 Å². The van der Waals surface area contributed by atoms with E-state index < -0.39 is 0 Å². The molecule has 0 unspecified atom stereocenters. The summed E-state index contributed by atoms with van der Waals surface area (Å²) < 4.78 is 0. The van der Waals surface area contributed by atoms with Gasteiger partial charge in [-0.3, -0.25) is 9.69 Å². The number of ketones is 1. The second-order valence-electron chi connectivity index (χ2n) is 7.55. The van der Waals surface area contributed by atoms with Gasteiger partial charge in [-0.25, -0.2) is 4.79 Å². The van der Waals surface area contributed by atoms with E-state index in [4.69, 9.17) is 0 Å². The zero-order chi connectivity index (χ0) is 16.1. The first-order chi connectivity index (χ1) is 11.2. The molecule has 2 aliphatic carbocycles. The summed E-state index contributed by atoms with van der Waals surface area (Å²) in [4.78, 5) is 28.1. The van der Waals surface area contributed by atoms with E-state index in [-0.39, 0.29) is 6.03 Å². The summed E-state index contributed by atoms with van der Waals surface area (Å²) in [5.41, 5.74) is 0. The van der Waals surface area contributed by atoms with Crippen molar-refractivity contribution in [2.45, 2.75) is 63.8 Å². The number of rotatable bonds is 3. The molecule has 5 heteroatoms. The van der Waals surface area contributed by atoms with Gasteiger partial charge in [-0.15, -0.1) is 0 Å². The van der Waals surface area contributed by atoms with Gasteiger partial charge in [-0.2, -0.15) is 0 Å². The SMILES string of the molecule is O=C1CCC(CN2CCN(C(=O)NC3CCCCC3)CC2)CC1. The Morgan fingerprint density at radius 3 is 2.26 bits per heavy atom. The lowest BCUT2D eigenvalue weighted by Crippen LogP contribution is -2.54. The molecule has 1 heterocycles. The van der Waals surface area contributed by atoms with Gasteiger partial charge in [0.25, 0.3) is 0 Å². The van der Waals surface area contributed by atoms with E-state index in [1.807, 2.05) is 4.90 Å². The molecule has 2 amide bonds. The predicted octanol–water partition coefficient (Wildman–Crippen LogP) is 2.41. The van der Waals surface area contributed by atoms with Crippen molar-refractivity contribution in [3.63, 3.8) is 0 Å². The highest BCUT2D eigenvalue weighted by atomic mass is 16.2. The molecule has 3 rings (SSSR count). The van der Waals surface area contributed by atoms with Crippen LogP contribution in [0, 0.1) is 5.92 Å². The molecule has 1 saturated heterocycles. The second-order valence-corrected chi connectivity index (χ2v) is 7.55. The fourth-order valence-corrected chi connectivity index (χ4v) is 4.19. The minimum Gasteiger partial charge on any atom is -0.335 e. The molecule has 1 aliphatic heterocycles. The van der Waals surface area contributed by atoms with Gasteiger partial charge >= 0.3 is 6.03 Å². The van der Waals surface area contributed by atoms with Crippen molar-refractivity contribution < 1.29 is 9.59 Å². The highest BCUT2D eigenvalue weighted by Gasteiger charge is 2.26. The molecular weight excluding hydrogens is 290 g/mol. The molecule has 1 N–H and O–H groups in total. The number of urea groups is 1. The van der Waals surface area contributed by atoms with Crippen molar-refractivity contribution in [1.29, 1.82) is 0 Å². The summed E-state index contributed by atoms with van der Waals surface area (Å²) in [6.07, 6.45) is 9.77. The maximum atomic E-state index is 12.4. The third-order valence-corrected chi connectivity index (χ3v) is 5.77. The first-order valence-electron chi connectivity index (χ1n) is 9.50. The fraction of sp³-hybridized carbons (Fsp3) is 0.889. The van der Waals surface area contributed by atoms with E-state index in [0.29, 0.717) is 17.7 Å². The first kappa shape index (κ1) is 16.7. The third kappa shape index (κ3) is 4.93. The van der Waals surface area contributed by atoms with E-state index in [1.54, 1.807) is 0 Å². The lowest BCUT2D eigenvalue weighted by molar-refractivity contribution is -0.121. The van der Waals surface area contributed by atoms with Crippen molar-refractivity contribution in [2.24, 2.45) is 5.92 Å². The number of hydrogen-bond donors (Lipinski definition) is 1. The summed E-state index contributed by atoms with van der Waals surface area (Å²) in [5.74, 6) is 1.11. The maximum absolute atomic E-state index is 12.4. The number of piperazine rings is 1. The van der Waals surface area contributed by atoms with Crippen LogP contribution in [0.4, 0.5) is 4.79 Å². The molecule has 3 fully saturated rings. The van der Waals surface area contributed by atoms with Crippen LogP contribution in [0.15, 0.2) is 0 Å². The fourth-order valence-electron chi connectivity index (χ4n) is 4.19. The maximum Gasteiger partial charge on any atom is 0.317 e. The molecule has 2 saturated carbocycles. The molecule has 23 heavy (non-hydrogen) atoms. The number of carbonyl (C=O) groups is 2. The number of nitrogens with one attached hydrogen (secondary N) is 1. The van der Waals surface area contributed by atoms with E-state index >= 15 is 0 Å². The van der Waals surface area contributed by atoms with Crippen molar-refractivity contribution in [3.05, 3.63) is 0 Å². The lowest BCUT2D eigenvalue weighted by Gasteiger charge is -2.37. The number of Topliss-reactive ketones (excluding diaryl/α,β-unsaturated/α-hetero) is 1. The van der Waals surface area contributed by atoms with Crippen LogP contribution < -0.4 is 5.32 Å². The molecule has 0 aromatic carbocycles. The Balaban J connectivity index is 1.36. The number of amides is 2. The molecule has 0 aromatic heterocycles. The van der Waals surface area contributed by atoms with Crippen molar-refractivity contribution >= 4 is 11.8 Å². The highest BCUT2D eigenvalue weighted by molar-refractivity contribution is 5.79. The zero-order valence-electron chi connectivity index (χ0n) is 14.3. The Morgan fingerprint density at radius 2 is 1.61 bits per heavy atom. The largest absolute Gasteiger partial charge is 0.335 e. The third-order valence-electron chi connectivity index (χ3n) is 5.77. The number of hydrogen-bond acceptors (Lipinski definition) is 3. The molecular formula is C18H31N3O2. The van der Waals surface area contributed by atoms with E-state index in [1.165, 1.54) is 19.3 Å². The Hall–Kier alpha value is -1.10. The van der Waals surface area contributed by atoms with E-state index in [9.17, 15) is 9.59 Å². The minimum atomic E-state index is 0.139. The molecule has 0 bridgehead atoms. The predicted molar refractivity (Wildman–Crippen MR) is 90.4 cm³/mol. The quantitative estimate of drug-likeness (QED) is 0.868. The molecule has 0 aromatic rings. The van der Waals surface area contributed by atoms with Crippen LogP contribution in [-0.4, -0.2) is 60.4 Å². The van der Waals surface area contributed by atoms with Gasteiger partial charge in [-0.05, 0) is 31.6 Å².